The third-order valence-corrected chi connectivity index (χ3v) is 19.8. The molecule has 2 aliphatic heterocycles. The van der Waals surface area contributed by atoms with E-state index in [9.17, 15) is 72.9 Å². The topological polar surface area (TPSA) is 528 Å². The maximum Gasteiger partial charge on any atom is 0.303 e. The number of aliphatic carboxylic acids is 1. The highest BCUT2D eigenvalue weighted by atomic mass is 16.5. The summed E-state index contributed by atoms with van der Waals surface area (Å²) in [6.07, 6.45) is 15.3. The third kappa shape index (κ3) is 36.4. The zero-order valence-electron chi connectivity index (χ0n) is 65.7. The van der Waals surface area contributed by atoms with Gasteiger partial charge in [-0.2, -0.15) is 0 Å². The number of benzene rings is 2. The summed E-state index contributed by atoms with van der Waals surface area (Å²) in [5.41, 5.74) is 13.3. The van der Waals surface area contributed by atoms with Crippen molar-refractivity contribution in [2.45, 2.75) is 261 Å². The highest BCUT2D eigenvalue weighted by molar-refractivity contribution is 5.99. The number of hydrogen-bond acceptors (Lipinski definition) is 19. The summed E-state index contributed by atoms with van der Waals surface area (Å²) in [7, 11) is 0. The van der Waals surface area contributed by atoms with Crippen LogP contribution in [0.1, 0.15) is 198 Å². The number of fused-ring (bicyclic) bond motifs is 2. The van der Waals surface area contributed by atoms with E-state index >= 15 is 4.79 Å². The Bertz CT molecular complexity index is 3510. The summed E-state index contributed by atoms with van der Waals surface area (Å²) in [4.78, 5) is 185. The van der Waals surface area contributed by atoms with Gasteiger partial charge in [0.05, 0.1) is 39.1 Å². The third-order valence-electron chi connectivity index (χ3n) is 19.8. The minimum Gasteiger partial charge on any atom is -0.481 e. The Labute approximate surface area is 661 Å². The largest absolute Gasteiger partial charge is 0.481 e. The first-order chi connectivity index (χ1) is 54.4. The Kier molecular flexibility index (Phi) is 44.4. The monoisotopic (exact) mass is 1580 g/mol. The van der Waals surface area contributed by atoms with Crippen molar-refractivity contribution in [1.29, 1.82) is 5.41 Å². The van der Waals surface area contributed by atoms with Gasteiger partial charge in [-0.1, -0.05) is 152 Å². The minimum atomic E-state index is -1.81. The van der Waals surface area contributed by atoms with Crippen molar-refractivity contribution in [2.75, 3.05) is 65.8 Å². The van der Waals surface area contributed by atoms with Crippen molar-refractivity contribution in [3.05, 3.63) is 71.9 Å². The first-order valence-corrected chi connectivity index (χ1v) is 40.2. The number of H-pyrrole nitrogens is 1. The summed E-state index contributed by atoms with van der Waals surface area (Å²) >= 11 is 0. The van der Waals surface area contributed by atoms with Gasteiger partial charge in [-0.05, 0) is 81.5 Å². The van der Waals surface area contributed by atoms with Crippen LogP contribution in [0.3, 0.4) is 0 Å². The number of ether oxygens (including phenoxy) is 2. The number of aromatic nitrogens is 1. The molecule has 628 valence electrons. The van der Waals surface area contributed by atoms with Gasteiger partial charge in [-0.15, -0.1) is 0 Å². The summed E-state index contributed by atoms with van der Waals surface area (Å²) in [6, 6.07) is 2.13. The van der Waals surface area contributed by atoms with Crippen LogP contribution >= 0.6 is 0 Å². The maximum atomic E-state index is 15.2. The molecule has 0 bridgehead atoms. The minimum absolute atomic E-state index is 0.0417. The van der Waals surface area contributed by atoms with Crippen LogP contribution in [0.15, 0.2) is 60.8 Å². The summed E-state index contributed by atoms with van der Waals surface area (Å²) in [5, 5.41) is 69.2. The van der Waals surface area contributed by atoms with Crippen LogP contribution in [-0.4, -0.2) is 234 Å². The number of rotatable bonds is 45. The number of Topliss-reactive ketones (excluding diaryl/α,β-unsaturated/α-hetero) is 1. The number of unbranched alkanes of at least 4 members (excludes halogenated alkanes) is 13. The van der Waals surface area contributed by atoms with Crippen LogP contribution in [0.25, 0.3) is 10.9 Å². The summed E-state index contributed by atoms with van der Waals surface area (Å²) in [6.45, 7) is 2.37. The molecule has 20 N–H and O–H groups in total. The van der Waals surface area contributed by atoms with Gasteiger partial charge in [0.25, 0.3) is 0 Å². The molecule has 2 saturated heterocycles. The standard InChI is InChI=1S/C79H124N16O18/c1-3-5-7-8-9-10-11-12-13-14-15-16-20-33-67(99)84-40-41-112-42-43-113-51-68(100)87-61(36-37-69(101)102)73(106)94-65(50-96)76(109)90-59(29-6-4-2)71(104)91-62-35-34-54(97)48-83-38-24-23-31-58(70(80)103)88-75(108)64(45-53-47-86-57-30-22-21-28-56(53)57)92-72(105)60(32-25-39-85-79(81)82)89-74(107)63(44-52-26-18-17-19-27-52)93-77(110)66-46-55(98)49-95(66)78(62)111/h17-19,21-22,26-28,30,47,55,58-66,83,86,96,98H,3-16,20,23-25,29,31-46,48-51H2,1-2H3,(H2,80,103)(H,84,99)(H,87,100)(H,88,108)(H,89,107)(H,90,109)(H,91,104)(H,92,105)(H,93,110)(H,94,106)(H,101,102)(H4,81,82,85)/t55-,58+,59+,60+,61?,62+,63?,64+,65+,66+/m1/s1. The first-order valence-electron chi connectivity index (χ1n) is 40.2. The molecule has 113 heavy (non-hydrogen) atoms. The fourth-order valence-electron chi connectivity index (χ4n) is 13.4. The number of carboxylic acid groups (broad SMARTS) is 1. The molecule has 10 atom stereocenters. The average molecular weight is 1590 g/mol. The van der Waals surface area contributed by atoms with E-state index in [0.29, 0.717) is 36.8 Å². The number of guanidine groups is 1. The second-order valence-corrected chi connectivity index (χ2v) is 29.1. The Balaban J connectivity index is 1.28. The van der Waals surface area contributed by atoms with Crippen LogP contribution in [0, 0.1) is 5.41 Å². The molecular weight excluding hydrogens is 1460 g/mol. The van der Waals surface area contributed by atoms with E-state index < -0.39 is 170 Å². The van der Waals surface area contributed by atoms with E-state index in [0.717, 1.165) is 35.1 Å². The number of carboxylic acids is 1. The van der Waals surface area contributed by atoms with Gasteiger partial charge in [0, 0.05) is 75.3 Å². The molecule has 2 aliphatic rings. The maximum absolute atomic E-state index is 15.2. The number of para-hydroxylation sites is 1. The molecule has 3 heterocycles. The van der Waals surface area contributed by atoms with Crippen molar-refractivity contribution < 1.29 is 87.1 Å². The number of aliphatic hydroxyl groups excluding tert-OH is 2. The Morgan fingerprint density at radius 2 is 1.23 bits per heavy atom. The van der Waals surface area contributed by atoms with E-state index in [2.05, 4.69) is 70.4 Å². The molecule has 34 heteroatoms. The highest BCUT2D eigenvalue weighted by Gasteiger charge is 2.44. The lowest BCUT2D eigenvalue weighted by atomic mass is 10.0. The normalized spacial score (nSPS) is 20.0. The smallest absolute Gasteiger partial charge is 0.303 e. The zero-order chi connectivity index (χ0) is 82.3. The molecule has 0 saturated carbocycles. The second-order valence-electron chi connectivity index (χ2n) is 29.1. The SMILES string of the molecule is CCCCCCCCCCCCCCCC(=O)NCCOCCOCC(=O)NC(CCC(=O)O)C(=O)N[C@@H](CO)C(=O)N[C@@H](CCCC)C(=O)N[C@H]1CCC(=O)CNCCCC[C@@H](C(N)=O)NC(=O)[C@H](Cc2c[nH]c3ccccc23)NC(=O)[C@H](CCCNC(=N)N)NC(=O)C(Cc2ccccc2)NC(=O)[C@@H]2C[C@@H](O)CN2C1=O. The first kappa shape index (κ1) is 94.0. The van der Waals surface area contributed by atoms with Crippen molar-refractivity contribution in [3.63, 3.8) is 0 Å². The molecule has 2 aromatic carbocycles. The number of hydrogen-bond donors (Lipinski definition) is 18. The number of nitrogens with one attached hydrogen (secondary N) is 13. The van der Waals surface area contributed by atoms with Gasteiger partial charge in [-0.3, -0.25) is 67.7 Å². The summed E-state index contributed by atoms with van der Waals surface area (Å²) < 4.78 is 10.9. The van der Waals surface area contributed by atoms with E-state index in [1.807, 2.05) is 18.2 Å². The molecule has 2 fully saturated rings. The summed E-state index contributed by atoms with van der Waals surface area (Å²) in [5.74, 6) is -11.5. The Morgan fingerprint density at radius 1 is 0.619 bits per heavy atom. The lowest BCUT2D eigenvalue weighted by Crippen LogP contribution is -2.61. The van der Waals surface area contributed by atoms with Gasteiger partial charge in [0.2, 0.25) is 65.0 Å². The highest BCUT2D eigenvalue weighted by Crippen LogP contribution is 2.24. The number of nitrogens with two attached hydrogens (primary N) is 2. The zero-order valence-corrected chi connectivity index (χ0v) is 65.7. The Hall–Kier alpha value is -9.64. The number of carbonyl (C=O) groups excluding carboxylic acids is 12. The lowest BCUT2D eigenvalue weighted by molar-refractivity contribution is -0.143. The van der Waals surface area contributed by atoms with Crippen molar-refractivity contribution in [2.24, 2.45) is 11.5 Å². The van der Waals surface area contributed by atoms with Gasteiger partial charge in [0.15, 0.2) is 5.96 Å². The second kappa shape index (κ2) is 53.4. The van der Waals surface area contributed by atoms with Crippen molar-refractivity contribution >= 4 is 93.6 Å². The fraction of sp³-hybridized carbons (Fsp3) is 0.646. The molecular formula is C79H124N16O18. The van der Waals surface area contributed by atoms with Gasteiger partial charge >= 0.3 is 5.97 Å². The Morgan fingerprint density at radius 3 is 1.91 bits per heavy atom. The predicted molar refractivity (Wildman–Crippen MR) is 421 cm³/mol. The van der Waals surface area contributed by atoms with Crippen molar-refractivity contribution in [3.8, 4) is 0 Å². The van der Waals surface area contributed by atoms with Crippen molar-refractivity contribution in [1.82, 2.24) is 68.4 Å². The fourth-order valence-corrected chi connectivity index (χ4v) is 13.4. The molecule has 0 aliphatic carbocycles. The molecule has 0 spiro atoms. The lowest BCUT2D eigenvalue weighted by Gasteiger charge is -2.31. The predicted octanol–water partition coefficient (Wildman–Crippen LogP) is 1.34. The van der Waals surface area contributed by atoms with E-state index in [1.165, 1.54) is 64.2 Å². The molecule has 5 rings (SSSR count). The number of carbonyl (C=O) groups is 13. The number of ketones is 1. The average Bonchev–Trinajstić information content (AvgIpc) is 1.69. The molecule has 34 nitrogen and oxygen atoms in total. The molecule has 11 amide bonds. The van der Waals surface area contributed by atoms with Gasteiger partial charge in [0.1, 0.15) is 66.8 Å². The molecule has 1 aromatic heterocycles. The molecule has 2 unspecified atom stereocenters. The van der Waals surface area contributed by atoms with E-state index in [1.54, 1.807) is 49.5 Å². The van der Waals surface area contributed by atoms with Crippen LogP contribution in [0.5, 0.6) is 0 Å². The molecule has 0 radical (unpaired) electrons. The number of amides is 11. The molecule has 3 aromatic rings. The van der Waals surface area contributed by atoms with Crippen LogP contribution < -0.4 is 70.0 Å². The van der Waals surface area contributed by atoms with E-state index in [4.69, 9.17) is 26.4 Å². The number of aromatic amines is 1. The number of nitrogens with zero attached hydrogens (tertiary/aromatic N) is 1. The number of primary amides is 1. The van der Waals surface area contributed by atoms with E-state index in [-0.39, 0.29) is 116 Å². The van der Waals surface area contributed by atoms with Crippen LogP contribution in [0.2, 0.25) is 0 Å². The number of aliphatic hydroxyl groups is 2. The van der Waals surface area contributed by atoms with Gasteiger partial charge in [-0.25, -0.2) is 0 Å². The van der Waals surface area contributed by atoms with Crippen LogP contribution in [0.4, 0.5) is 0 Å². The van der Waals surface area contributed by atoms with Gasteiger partial charge < -0.3 is 105 Å². The van der Waals surface area contributed by atoms with Crippen LogP contribution in [-0.2, 0) is 84.6 Å². The quantitative estimate of drug-likeness (QED) is 0.0216.